The predicted octanol–water partition coefficient (Wildman–Crippen LogP) is 3.53. The number of nitrogens with zero attached hydrogens (tertiary/aromatic N) is 2. The van der Waals surface area contributed by atoms with Gasteiger partial charge in [0.05, 0.1) is 22.3 Å². The number of likely N-dealkylation sites (tertiary alicyclic amines) is 1. The summed E-state index contributed by atoms with van der Waals surface area (Å²) in [4.78, 5) is 38.9. The van der Waals surface area contributed by atoms with Crippen LogP contribution in [0.15, 0.2) is 48.7 Å². The molecule has 10 heteroatoms. The first-order valence-electron chi connectivity index (χ1n) is 10.4. The number of nitrogens with two attached hydrogens (primary N) is 1. The lowest BCUT2D eigenvalue weighted by Crippen LogP contribution is -2.47. The van der Waals surface area contributed by atoms with Crippen molar-refractivity contribution in [2.75, 3.05) is 11.9 Å². The molecule has 0 aliphatic carbocycles. The van der Waals surface area contributed by atoms with Crippen LogP contribution in [-0.2, 0) is 11.2 Å². The highest BCUT2D eigenvalue weighted by atomic mass is 35.5. The molecule has 0 bridgehead atoms. The Kier molecular flexibility index (Phi) is 6.35. The minimum absolute atomic E-state index is 0.0306. The van der Waals surface area contributed by atoms with Crippen molar-refractivity contribution in [2.45, 2.75) is 31.4 Å². The second-order valence-corrected chi connectivity index (χ2v) is 8.28. The molecule has 172 valence electrons. The minimum atomic E-state index is -1.06. The van der Waals surface area contributed by atoms with Gasteiger partial charge in [0, 0.05) is 24.5 Å². The van der Waals surface area contributed by atoms with Gasteiger partial charge in [0.15, 0.2) is 5.78 Å². The van der Waals surface area contributed by atoms with Crippen LogP contribution in [-0.4, -0.2) is 51.1 Å². The molecule has 2 heterocycles. The third-order valence-electron chi connectivity index (χ3n) is 5.82. The number of aryl methyl sites for hydroxylation is 1. The number of hydrogen-bond donors (Lipinski definition) is 3. The minimum Gasteiger partial charge on any atom is -0.390 e. The van der Waals surface area contributed by atoms with Crippen LogP contribution in [0.1, 0.15) is 18.4 Å². The van der Waals surface area contributed by atoms with E-state index in [1.165, 1.54) is 21.7 Å². The number of amides is 3. The molecular formula is C23H22ClFN4O4. The standard InChI is InChI=1S/C23H22ClFN4O4/c24-15-6-3-4-13(20(15)25)8-9-18(30)21-19(31)10-11-28(21)23(33)27-16-12-29(22(26)32)17-7-2-1-5-14(16)17/h1-7,12,19,21,31H,8-11H2,(H2,26,32)(H,27,33)/t19-,21-/m1/s1. The normalized spacial score (nSPS) is 18.0. The number of aromatic nitrogens is 1. The smallest absolute Gasteiger partial charge is 0.323 e. The van der Waals surface area contributed by atoms with Gasteiger partial charge in [0.25, 0.3) is 0 Å². The van der Waals surface area contributed by atoms with Crippen molar-refractivity contribution in [3.05, 3.63) is 65.1 Å². The number of aliphatic hydroxyl groups excluding tert-OH is 1. The van der Waals surface area contributed by atoms with Crippen molar-refractivity contribution >= 4 is 46.0 Å². The summed E-state index contributed by atoms with van der Waals surface area (Å²) in [6, 6.07) is 9.11. The van der Waals surface area contributed by atoms with Crippen molar-refractivity contribution in [3.8, 4) is 0 Å². The van der Waals surface area contributed by atoms with Crippen molar-refractivity contribution < 1.29 is 23.9 Å². The number of benzene rings is 2. The molecule has 0 radical (unpaired) electrons. The van der Waals surface area contributed by atoms with E-state index in [-0.39, 0.29) is 36.6 Å². The Balaban J connectivity index is 1.51. The topological polar surface area (TPSA) is 118 Å². The SMILES string of the molecule is NC(=O)n1cc(NC(=O)N2CC[C@@H](O)[C@H]2C(=O)CCc2cccc(Cl)c2F)c2ccccc21. The summed E-state index contributed by atoms with van der Waals surface area (Å²) in [6.45, 7) is 0.170. The van der Waals surface area contributed by atoms with Gasteiger partial charge in [-0.05, 0) is 30.5 Å². The fourth-order valence-electron chi connectivity index (χ4n) is 4.19. The second-order valence-electron chi connectivity index (χ2n) is 7.87. The number of halogens is 2. The van der Waals surface area contributed by atoms with Crippen molar-refractivity contribution in [3.63, 3.8) is 0 Å². The van der Waals surface area contributed by atoms with E-state index in [9.17, 15) is 23.9 Å². The van der Waals surface area contributed by atoms with Crippen molar-refractivity contribution in [1.82, 2.24) is 9.47 Å². The van der Waals surface area contributed by atoms with Gasteiger partial charge in [-0.25, -0.2) is 14.0 Å². The molecule has 1 saturated heterocycles. The summed E-state index contributed by atoms with van der Waals surface area (Å²) >= 11 is 5.79. The Morgan fingerprint density at radius 2 is 1.94 bits per heavy atom. The Morgan fingerprint density at radius 1 is 1.18 bits per heavy atom. The van der Waals surface area contributed by atoms with Gasteiger partial charge in [-0.3, -0.25) is 9.36 Å². The van der Waals surface area contributed by atoms with Crippen LogP contribution in [0.4, 0.5) is 19.7 Å². The third-order valence-corrected chi connectivity index (χ3v) is 6.11. The highest BCUT2D eigenvalue weighted by Gasteiger charge is 2.40. The lowest BCUT2D eigenvalue weighted by Gasteiger charge is -2.25. The Bertz CT molecular complexity index is 1240. The summed E-state index contributed by atoms with van der Waals surface area (Å²) in [5.41, 5.74) is 6.58. The predicted molar refractivity (Wildman–Crippen MR) is 122 cm³/mol. The van der Waals surface area contributed by atoms with Gasteiger partial charge < -0.3 is 21.1 Å². The van der Waals surface area contributed by atoms with Crippen LogP contribution in [0.2, 0.25) is 5.02 Å². The molecule has 4 rings (SSSR count). The number of fused-ring (bicyclic) bond motifs is 1. The van der Waals surface area contributed by atoms with E-state index in [2.05, 4.69) is 5.32 Å². The Labute approximate surface area is 193 Å². The molecule has 1 fully saturated rings. The number of nitrogens with one attached hydrogen (secondary N) is 1. The van der Waals surface area contributed by atoms with E-state index in [4.69, 9.17) is 17.3 Å². The highest BCUT2D eigenvalue weighted by molar-refractivity contribution is 6.30. The molecule has 1 aliphatic rings. The number of aliphatic hydroxyl groups is 1. The quantitative estimate of drug-likeness (QED) is 0.526. The van der Waals surface area contributed by atoms with Crippen LogP contribution in [0.25, 0.3) is 10.9 Å². The van der Waals surface area contributed by atoms with Crippen molar-refractivity contribution in [2.24, 2.45) is 5.73 Å². The highest BCUT2D eigenvalue weighted by Crippen LogP contribution is 2.28. The zero-order valence-corrected chi connectivity index (χ0v) is 18.3. The lowest BCUT2D eigenvalue weighted by molar-refractivity contribution is -0.124. The molecular weight excluding hydrogens is 451 g/mol. The Morgan fingerprint density at radius 3 is 2.70 bits per heavy atom. The molecule has 2 atom stereocenters. The largest absolute Gasteiger partial charge is 0.390 e. The molecule has 1 aliphatic heterocycles. The number of urea groups is 1. The van der Waals surface area contributed by atoms with E-state index >= 15 is 0 Å². The van der Waals surface area contributed by atoms with Gasteiger partial charge in [0.1, 0.15) is 11.9 Å². The number of carbonyl (C=O) groups is 3. The lowest BCUT2D eigenvalue weighted by atomic mass is 10.00. The number of para-hydroxylation sites is 1. The van der Waals surface area contributed by atoms with Gasteiger partial charge >= 0.3 is 12.1 Å². The number of anilines is 1. The summed E-state index contributed by atoms with van der Waals surface area (Å²) in [7, 11) is 0. The number of carbonyl (C=O) groups excluding carboxylic acids is 3. The zero-order valence-electron chi connectivity index (χ0n) is 17.5. The third kappa shape index (κ3) is 4.42. The summed E-state index contributed by atoms with van der Waals surface area (Å²) in [5.74, 6) is -0.964. The molecule has 0 unspecified atom stereocenters. The van der Waals surface area contributed by atoms with Gasteiger partial charge in [0.2, 0.25) is 0 Å². The summed E-state index contributed by atoms with van der Waals surface area (Å²) < 4.78 is 15.4. The van der Waals surface area contributed by atoms with E-state index < -0.39 is 30.0 Å². The van der Waals surface area contributed by atoms with Crippen LogP contribution in [0, 0.1) is 5.82 Å². The molecule has 33 heavy (non-hydrogen) atoms. The van der Waals surface area contributed by atoms with E-state index in [0.717, 1.165) is 0 Å². The number of hydrogen-bond acceptors (Lipinski definition) is 4. The number of primary amides is 1. The van der Waals surface area contributed by atoms with E-state index in [1.807, 2.05) is 0 Å². The van der Waals surface area contributed by atoms with Crippen LogP contribution in [0.5, 0.6) is 0 Å². The maximum absolute atomic E-state index is 14.1. The molecule has 4 N–H and O–H groups in total. The number of rotatable bonds is 5. The first kappa shape index (κ1) is 22.8. The maximum atomic E-state index is 14.1. The number of ketones is 1. The first-order chi connectivity index (χ1) is 15.8. The molecule has 1 aromatic heterocycles. The first-order valence-corrected chi connectivity index (χ1v) is 10.8. The van der Waals surface area contributed by atoms with E-state index in [1.54, 1.807) is 36.4 Å². The van der Waals surface area contributed by atoms with Crippen molar-refractivity contribution in [1.29, 1.82) is 0 Å². The molecule has 3 amide bonds. The molecule has 0 spiro atoms. The molecule has 2 aromatic carbocycles. The van der Waals surface area contributed by atoms with E-state index in [0.29, 0.717) is 22.2 Å². The van der Waals surface area contributed by atoms with Gasteiger partial charge in [-0.2, -0.15) is 0 Å². The maximum Gasteiger partial charge on any atom is 0.323 e. The fraction of sp³-hybridized carbons (Fsp3) is 0.261. The second kappa shape index (κ2) is 9.21. The monoisotopic (exact) mass is 472 g/mol. The van der Waals surface area contributed by atoms with Gasteiger partial charge in [-0.1, -0.05) is 41.9 Å². The Hall–Kier alpha value is -3.43. The summed E-state index contributed by atoms with van der Waals surface area (Å²) in [6.07, 6.45) is 0.647. The van der Waals surface area contributed by atoms with Gasteiger partial charge in [-0.15, -0.1) is 0 Å². The fourth-order valence-corrected chi connectivity index (χ4v) is 4.38. The van der Waals surface area contributed by atoms with Crippen LogP contribution in [0.3, 0.4) is 0 Å². The molecule has 8 nitrogen and oxygen atoms in total. The average molecular weight is 473 g/mol. The van der Waals surface area contributed by atoms with Crippen LogP contribution < -0.4 is 11.1 Å². The number of Topliss-reactive ketones (excluding diaryl/α,β-unsaturated/α-hetero) is 1. The molecule has 3 aromatic rings. The summed E-state index contributed by atoms with van der Waals surface area (Å²) in [5, 5.41) is 13.7. The average Bonchev–Trinajstić information content (AvgIpc) is 3.35. The zero-order chi connectivity index (χ0) is 23.7. The van der Waals surface area contributed by atoms with Crippen LogP contribution >= 0.6 is 11.6 Å². The molecule has 0 saturated carbocycles.